The van der Waals surface area contributed by atoms with Crippen molar-refractivity contribution in [2.24, 2.45) is 0 Å². The summed E-state index contributed by atoms with van der Waals surface area (Å²) in [6.45, 7) is 1.54. The van der Waals surface area contributed by atoms with Crippen molar-refractivity contribution >= 4 is 27.1 Å². The quantitative estimate of drug-likeness (QED) is 0.583. The van der Waals surface area contributed by atoms with E-state index in [0.717, 1.165) is 32.4 Å². The molecule has 1 aromatic rings. The highest BCUT2D eigenvalue weighted by Crippen LogP contribution is 2.32. The van der Waals surface area contributed by atoms with Gasteiger partial charge in [-0.3, -0.25) is 14.9 Å². The van der Waals surface area contributed by atoms with Crippen LogP contribution in [0.4, 0.5) is 11.4 Å². The van der Waals surface area contributed by atoms with Gasteiger partial charge in [-0.05, 0) is 37.8 Å². The molecule has 0 aromatic heterocycles. The van der Waals surface area contributed by atoms with Crippen molar-refractivity contribution in [2.45, 2.75) is 31.7 Å². The molecule has 0 bridgehead atoms. The number of anilines is 1. The lowest BCUT2D eigenvalue weighted by atomic mass is 10.1. The first-order valence-corrected chi connectivity index (χ1v) is 10.6. The lowest BCUT2D eigenvalue weighted by molar-refractivity contribution is -0.384. The Balaban J connectivity index is 1.84. The molecular weight excluding hydrogens is 358 g/mol. The van der Waals surface area contributed by atoms with Gasteiger partial charge in [0, 0.05) is 37.8 Å². The van der Waals surface area contributed by atoms with Crippen LogP contribution in [0.25, 0.3) is 0 Å². The second-order valence-electron chi connectivity index (χ2n) is 6.98. The SMILES string of the molecule is CN(C(=O)c1ccc(N2CCCCC2)c([N+](=O)[O-])c1)[C@H]1CCS(=O)(=O)C1. The van der Waals surface area contributed by atoms with Crippen LogP contribution in [-0.4, -0.2) is 61.8 Å². The van der Waals surface area contributed by atoms with E-state index in [0.29, 0.717) is 12.1 Å². The molecule has 8 nitrogen and oxygen atoms in total. The zero-order valence-electron chi connectivity index (χ0n) is 14.8. The van der Waals surface area contributed by atoms with E-state index in [1.165, 1.54) is 11.0 Å². The average molecular weight is 381 g/mol. The summed E-state index contributed by atoms with van der Waals surface area (Å²) in [5.41, 5.74) is 0.673. The molecule has 0 N–H and O–H groups in total. The number of nitro groups is 1. The van der Waals surface area contributed by atoms with Crippen LogP contribution in [0.3, 0.4) is 0 Å². The van der Waals surface area contributed by atoms with Crippen LogP contribution in [0.1, 0.15) is 36.0 Å². The van der Waals surface area contributed by atoms with Crippen molar-refractivity contribution in [1.29, 1.82) is 0 Å². The number of benzene rings is 1. The number of carbonyl (C=O) groups excluding carboxylic acids is 1. The van der Waals surface area contributed by atoms with Crippen LogP contribution in [0.15, 0.2) is 18.2 Å². The summed E-state index contributed by atoms with van der Waals surface area (Å²) in [7, 11) is -1.55. The minimum atomic E-state index is -3.11. The topological polar surface area (TPSA) is 101 Å². The zero-order valence-corrected chi connectivity index (χ0v) is 15.6. The predicted molar refractivity (Wildman–Crippen MR) is 98.3 cm³/mol. The van der Waals surface area contributed by atoms with Crippen LogP contribution in [0, 0.1) is 10.1 Å². The van der Waals surface area contributed by atoms with E-state index in [1.54, 1.807) is 19.2 Å². The van der Waals surface area contributed by atoms with Crippen LogP contribution in [-0.2, 0) is 9.84 Å². The van der Waals surface area contributed by atoms with Gasteiger partial charge in [-0.25, -0.2) is 8.42 Å². The van der Waals surface area contributed by atoms with Crippen molar-refractivity contribution < 1.29 is 18.1 Å². The standard InChI is InChI=1S/C17H23N3O5S/c1-18(14-7-10-26(24,25)12-14)17(21)13-5-6-15(16(11-13)20(22)23)19-8-3-2-4-9-19/h5-6,11,14H,2-4,7-10,12H2,1H3/t14-/m0/s1. The molecule has 0 spiro atoms. The van der Waals surface area contributed by atoms with Gasteiger partial charge in [-0.1, -0.05) is 0 Å². The molecule has 1 atom stereocenters. The van der Waals surface area contributed by atoms with Crippen molar-refractivity contribution in [3.63, 3.8) is 0 Å². The Morgan fingerprint density at radius 2 is 1.96 bits per heavy atom. The number of amides is 1. The molecule has 1 amide bonds. The molecule has 9 heteroatoms. The van der Waals surface area contributed by atoms with Gasteiger partial charge in [0.05, 0.1) is 16.4 Å². The maximum absolute atomic E-state index is 12.7. The number of nitrogens with zero attached hydrogens (tertiary/aromatic N) is 3. The van der Waals surface area contributed by atoms with Gasteiger partial charge < -0.3 is 9.80 Å². The van der Waals surface area contributed by atoms with Gasteiger partial charge in [-0.15, -0.1) is 0 Å². The van der Waals surface area contributed by atoms with Crippen LogP contribution >= 0.6 is 0 Å². The summed E-state index contributed by atoms with van der Waals surface area (Å²) in [5, 5.41) is 11.5. The fourth-order valence-corrected chi connectivity index (χ4v) is 5.43. The van der Waals surface area contributed by atoms with Crippen molar-refractivity contribution in [1.82, 2.24) is 4.90 Å². The molecule has 26 heavy (non-hydrogen) atoms. The van der Waals surface area contributed by atoms with Gasteiger partial charge in [0.25, 0.3) is 11.6 Å². The number of nitro benzene ring substituents is 1. The lowest BCUT2D eigenvalue weighted by Crippen LogP contribution is -2.38. The Hall–Kier alpha value is -2.16. The second kappa shape index (κ2) is 7.22. The summed E-state index contributed by atoms with van der Waals surface area (Å²) in [5.74, 6) is -0.368. The number of sulfone groups is 1. The fourth-order valence-electron chi connectivity index (χ4n) is 3.66. The molecule has 1 aromatic carbocycles. The lowest BCUT2D eigenvalue weighted by Gasteiger charge is -2.29. The van der Waals surface area contributed by atoms with E-state index in [2.05, 4.69) is 0 Å². The van der Waals surface area contributed by atoms with E-state index < -0.39 is 14.8 Å². The molecular formula is C17H23N3O5S. The third-order valence-corrected chi connectivity index (χ3v) is 6.94. The van der Waals surface area contributed by atoms with Gasteiger partial charge in [0.1, 0.15) is 5.69 Å². The first-order valence-electron chi connectivity index (χ1n) is 8.79. The largest absolute Gasteiger partial charge is 0.366 e. The Morgan fingerprint density at radius 3 is 2.54 bits per heavy atom. The van der Waals surface area contributed by atoms with Crippen LogP contribution in [0.2, 0.25) is 0 Å². The van der Waals surface area contributed by atoms with Crippen LogP contribution in [0.5, 0.6) is 0 Å². The molecule has 0 unspecified atom stereocenters. The fraction of sp³-hybridized carbons (Fsp3) is 0.588. The van der Waals surface area contributed by atoms with E-state index in [1.807, 2.05) is 4.90 Å². The molecule has 3 rings (SSSR count). The van der Waals surface area contributed by atoms with E-state index in [-0.39, 0.29) is 34.7 Å². The summed E-state index contributed by atoms with van der Waals surface area (Å²) < 4.78 is 23.3. The molecule has 2 heterocycles. The van der Waals surface area contributed by atoms with E-state index in [9.17, 15) is 23.3 Å². The maximum Gasteiger partial charge on any atom is 0.293 e. The minimum Gasteiger partial charge on any atom is -0.366 e. The molecule has 2 aliphatic heterocycles. The molecule has 2 saturated heterocycles. The number of carbonyl (C=O) groups is 1. The zero-order chi connectivity index (χ0) is 18.9. The predicted octanol–water partition coefficient (Wildman–Crippen LogP) is 1.84. The Bertz CT molecular complexity index is 818. The minimum absolute atomic E-state index is 0.0524. The average Bonchev–Trinajstić information content (AvgIpc) is 3.00. The van der Waals surface area contributed by atoms with Crippen molar-refractivity contribution in [3.05, 3.63) is 33.9 Å². The Morgan fingerprint density at radius 1 is 1.27 bits per heavy atom. The third-order valence-electron chi connectivity index (χ3n) is 5.19. The highest BCUT2D eigenvalue weighted by atomic mass is 32.2. The van der Waals surface area contributed by atoms with Gasteiger partial charge >= 0.3 is 0 Å². The monoisotopic (exact) mass is 381 g/mol. The summed E-state index contributed by atoms with van der Waals surface area (Å²) in [4.78, 5) is 27.1. The Kier molecular flexibility index (Phi) is 5.17. The summed E-state index contributed by atoms with van der Waals surface area (Å²) in [6, 6.07) is 4.16. The molecule has 0 saturated carbocycles. The highest BCUT2D eigenvalue weighted by molar-refractivity contribution is 7.91. The number of piperidine rings is 1. The summed E-state index contributed by atoms with van der Waals surface area (Å²) in [6.07, 6.45) is 3.52. The normalized spacial score (nSPS) is 22.2. The van der Waals surface area contributed by atoms with Gasteiger partial charge in [0.2, 0.25) is 0 Å². The molecule has 2 aliphatic rings. The molecule has 2 fully saturated rings. The third kappa shape index (κ3) is 3.82. The van der Waals surface area contributed by atoms with E-state index >= 15 is 0 Å². The second-order valence-corrected chi connectivity index (χ2v) is 9.21. The summed E-state index contributed by atoms with van der Waals surface area (Å²) >= 11 is 0. The molecule has 0 aliphatic carbocycles. The highest BCUT2D eigenvalue weighted by Gasteiger charge is 2.33. The maximum atomic E-state index is 12.7. The smallest absolute Gasteiger partial charge is 0.293 e. The number of hydrogen-bond acceptors (Lipinski definition) is 6. The number of hydrogen-bond donors (Lipinski definition) is 0. The van der Waals surface area contributed by atoms with Gasteiger partial charge in [-0.2, -0.15) is 0 Å². The Labute approximate surface area is 152 Å². The molecule has 142 valence electrons. The van der Waals surface area contributed by atoms with Crippen molar-refractivity contribution in [3.8, 4) is 0 Å². The number of rotatable bonds is 4. The van der Waals surface area contributed by atoms with E-state index in [4.69, 9.17) is 0 Å². The van der Waals surface area contributed by atoms with Gasteiger partial charge in [0.15, 0.2) is 9.84 Å². The van der Waals surface area contributed by atoms with Crippen molar-refractivity contribution in [2.75, 3.05) is 36.5 Å². The first-order chi connectivity index (χ1) is 12.3. The first kappa shape index (κ1) is 18.6. The molecule has 0 radical (unpaired) electrons. The van der Waals surface area contributed by atoms with Crippen LogP contribution < -0.4 is 4.90 Å².